The van der Waals surface area contributed by atoms with Crippen LogP contribution in [0.4, 0.5) is 18.0 Å². The van der Waals surface area contributed by atoms with Crippen LogP contribution in [0.3, 0.4) is 0 Å². The normalized spacial score (nSPS) is 14.5. The number of benzene rings is 2. The van der Waals surface area contributed by atoms with Gasteiger partial charge in [0.1, 0.15) is 12.6 Å². The van der Waals surface area contributed by atoms with E-state index < -0.39 is 49.1 Å². The summed E-state index contributed by atoms with van der Waals surface area (Å²) in [6, 6.07) is 13.0. The molecule has 2 unspecified atom stereocenters. The van der Waals surface area contributed by atoms with E-state index >= 15 is 0 Å². The van der Waals surface area contributed by atoms with Crippen molar-refractivity contribution in [3.05, 3.63) is 59.7 Å². The number of amides is 2. The van der Waals surface area contributed by atoms with E-state index in [1.54, 1.807) is 0 Å². The summed E-state index contributed by atoms with van der Waals surface area (Å²) < 4.78 is 42.5. The highest BCUT2D eigenvalue weighted by Gasteiger charge is 2.31. The molecule has 2 aromatic rings. The zero-order chi connectivity index (χ0) is 24.9. The van der Waals surface area contributed by atoms with E-state index in [-0.39, 0.29) is 18.9 Å². The topological polar surface area (TPSA) is 105 Å². The minimum absolute atomic E-state index is 0.0384. The number of rotatable bonds is 9. The monoisotopic (exact) mass is 478 g/mol. The fourth-order valence-corrected chi connectivity index (χ4v) is 3.96. The molecule has 0 saturated heterocycles. The number of aliphatic carboxylic acids is 1. The van der Waals surface area contributed by atoms with Gasteiger partial charge in [-0.3, -0.25) is 9.59 Å². The molecule has 0 aliphatic heterocycles. The van der Waals surface area contributed by atoms with E-state index in [0.29, 0.717) is 0 Å². The Morgan fingerprint density at radius 1 is 1.00 bits per heavy atom. The maximum absolute atomic E-state index is 12.4. The molecule has 0 heterocycles. The van der Waals surface area contributed by atoms with Gasteiger partial charge in [0, 0.05) is 18.4 Å². The Kier molecular flexibility index (Phi) is 7.80. The third kappa shape index (κ3) is 6.49. The first-order valence-electron chi connectivity index (χ1n) is 10.8. The molecular weight excluding hydrogens is 453 g/mol. The molecule has 2 atom stereocenters. The van der Waals surface area contributed by atoms with Crippen molar-refractivity contribution in [2.24, 2.45) is 0 Å². The molecule has 182 valence electrons. The van der Waals surface area contributed by atoms with E-state index in [9.17, 15) is 27.6 Å². The molecule has 34 heavy (non-hydrogen) atoms. The van der Waals surface area contributed by atoms with Crippen molar-refractivity contribution in [3.63, 3.8) is 0 Å². The number of alkyl halides is 3. The lowest BCUT2D eigenvalue weighted by Gasteiger charge is -2.21. The van der Waals surface area contributed by atoms with Gasteiger partial charge in [-0.05, 0) is 35.6 Å². The molecule has 3 N–H and O–H groups in total. The number of carbonyl (C=O) groups is 3. The first-order valence-corrected chi connectivity index (χ1v) is 10.8. The number of carboxylic acids is 1. The highest BCUT2D eigenvalue weighted by Crippen LogP contribution is 2.44. The molecular formula is C24H25F3N2O5. The summed E-state index contributed by atoms with van der Waals surface area (Å²) in [6.07, 6.45) is -7.59. The minimum Gasteiger partial charge on any atom is -0.481 e. The summed E-state index contributed by atoms with van der Waals surface area (Å²) >= 11 is 0. The lowest BCUT2D eigenvalue weighted by Crippen LogP contribution is -2.50. The molecule has 0 spiro atoms. The number of nitrogens with one attached hydrogen (secondary N) is 2. The molecule has 0 radical (unpaired) electrons. The molecule has 2 aromatic carbocycles. The third-order valence-corrected chi connectivity index (χ3v) is 5.58. The molecule has 7 nitrogen and oxygen atoms in total. The fraction of sp³-hybridized carbons (Fsp3) is 0.375. The van der Waals surface area contributed by atoms with Crippen molar-refractivity contribution in [3.8, 4) is 11.1 Å². The van der Waals surface area contributed by atoms with Crippen LogP contribution in [0, 0.1) is 0 Å². The molecule has 0 aromatic heterocycles. The number of hydrogen-bond acceptors (Lipinski definition) is 4. The summed E-state index contributed by atoms with van der Waals surface area (Å²) in [7, 11) is 0. The molecule has 0 bridgehead atoms. The predicted octanol–water partition coefficient (Wildman–Crippen LogP) is 4.22. The number of halogens is 3. The van der Waals surface area contributed by atoms with Gasteiger partial charge >= 0.3 is 18.2 Å². The van der Waals surface area contributed by atoms with Gasteiger partial charge in [-0.25, -0.2) is 4.79 Å². The van der Waals surface area contributed by atoms with Crippen molar-refractivity contribution in [1.82, 2.24) is 10.6 Å². The Bertz CT molecular complexity index is 1010. The van der Waals surface area contributed by atoms with Crippen LogP contribution < -0.4 is 10.6 Å². The Labute approximate surface area is 194 Å². The van der Waals surface area contributed by atoms with E-state index in [2.05, 4.69) is 10.6 Å². The number of carbonyl (C=O) groups excluding carboxylic acids is 2. The second-order valence-electron chi connectivity index (χ2n) is 8.18. The SMILES string of the molecule is CC(CCC(F)(F)F)NC(=O)C(CC(=O)O)NC(=O)OCC1c2ccccc2-c2ccccc21. The molecule has 2 amide bonds. The first-order chi connectivity index (χ1) is 16.0. The van der Waals surface area contributed by atoms with Crippen molar-refractivity contribution in [2.75, 3.05) is 6.61 Å². The highest BCUT2D eigenvalue weighted by atomic mass is 19.4. The summed E-state index contributed by atoms with van der Waals surface area (Å²) in [4.78, 5) is 36.0. The summed E-state index contributed by atoms with van der Waals surface area (Å²) in [6.45, 7) is 1.33. The zero-order valence-corrected chi connectivity index (χ0v) is 18.4. The van der Waals surface area contributed by atoms with Crippen LogP contribution in [0.15, 0.2) is 48.5 Å². The van der Waals surface area contributed by atoms with Crippen LogP contribution in [0.2, 0.25) is 0 Å². The van der Waals surface area contributed by atoms with Crippen LogP contribution in [-0.4, -0.2) is 47.9 Å². The number of ether oxygens (including phenoxy) is 1. The van der Waals surface area contributed by atoms with Gasteiger partial charge in [-0.15, -0.1) is 0 Å². The van der Waals surface area contributed by atoms with Crippen molar-refractivity contribution < 1.29 is 37.4 Å². The maximum Gasteiger partial charge on any atom is 0.407 e. The Hall–Kier alpha value is -3.56. The predicted molar refractivity (Wildman–Crippen MR) is 117 cm³/mol. The summed E-state index contributed by atoms with van der Waals surface area (Å²) in [5, 5.41) is 13.6. The van der Waals surface area contributed by atoms with Gasteiger partial charge in [0.25, 0.3) is 0 Å². The highest BCUT2D eigenvalue weighted by molar-refractivity contribution is 5.89. The van der Waals surface area contributed by atoms with E-state index in [1.165, 1.54) is 6.92 Å². The number of carboxylic acid groups (broad SMARTS) is 1. The number of alkyl carbamates (subject to hydrolysis) is 1. The lowest BCUT2D eigenvalue weighted by molar-refractivity contribution is -0.140. The zero-order valence-electron chi connectivity index (χ0n) is 18.4. The maximum atomic E-state index is 12.4. The molecule has 3 rings (SSSR count). The van der Waals surface area contributed by atoms with Gasteiger partial charge in [-0.1, -0.05) is 48.5 Å². The second-order valence-corrected chi connectivity index (χ2v) is 8.18. The van der Waals surface area contributed by atoms with Crippen LogP contribution in [-0.2, 0) is 14.3 Å². The number of hydrogen-bond donors (Lipinski definition) is 3. The third-order valence-electron chi connectivity index (χ3n) is 5.58. The van der Waals surface area contributed by atoms with Gasteiger partial charge in [0.2, 0.25) is 5.91 Å². The van der Waals surface area contributed by atoms with Crippen molar-refractivity contribution >= 4 is 18.0 Å². The fourth-order valence-electron chi connectivity index (χ4n) is 3.96. The Morgan fingerprint density at radius 2 is 1.56 bits per heavy atom. The first kappa shape index (κ1) is 25.1. The molecule has 1 aliphatic carbocycles. The van der Waals surface area contributed by atoms with E-state index in [4.69, 9.17) is 9.84 Å². The smallest absolute Gasteiger partial charge is 0.407 e. The van der Waals surface area contributed by atoms with Crippen LogP contribution in [0.5, 0.6) is 0 Å². The second kappa shape index (κ2) is 10.6. The van der Waals surface area contributed by atoms with E-state index in [1.807, 2.05) is 48.5 Å². The summed E-state index contributed by atoms with van der Waals surface area (Å²) in [5.74, 6) is -2.49. The van der Waals surface area contributed by atoms with Crippen molar-refractivity contribution in [1.29, 1.82) is 0 Å². The molecule has 0 fully saturated rings. The largest absolute Gasteiger partial charge is 0.481 e. The minimum atomic E-state index is -4.38. The standard InChI is InChI=1S/C24H25F3N2O5/c1-14(10-11-24(25,26)27)28-22(32)20(12-21(30)31)29-23(33)34-13-19-17-8-4-2-6-15(17)16-7-3-5-9-18(16)19/h2-9,14,19-20H,10-13H2,1H3,(H,28,32)(H,29,33)(H,30,31). The Morgan fingerprint density at radius 3 is 2.09 bits per heavy atom. The summed E-state index contributed by atoms with van der Waals surface area (Å²) in [5.41, 5.74) is 4.02. The molecule has 10 heteroatoms. The van der Waals surface area contributed by atoms with E-state index in [0.717, 1.165) is 22.3 Å². The van der Waals surface area contributed by atoms with Crippen molar-refractivity contribution in [2.45, 2.75) is 50.4 Å². The Balaban J connectivity index is 1.61. The average molecular weight is 478 g/mol. The van der Waals surface area contributed by atoms with Crippen LogP contribution >= 0.6 is 0 Å². The van der Waals surface area contributed by atoms with Crippen LogP contribution in [0.1, 0.15) is 43.2 Å². The van der Waals surface area contributed by atoms with Gasteiger partial charge in [0.05, 0.1) is 6.42 Å². The quantitative estimate of drug-likeness (QED) is 0.501. The van der Waals surface area contributed by atoms with Gasteiger partial charge in [0.15, 0.2) is 0 Å². The molecule has 0 saturated carbocycles. The van der Waals surface area contributed by atoms with Gasteiger partial charge in [-0.2, -0.15) is 13.2 Å². The average Bonchev–Trinajstić information content (AvgIpc) is 3.09. The molecule has 1 aliphatic rings. The number of fused-ring (bicyclic) bond motifs is 3. The lowest BCUT2D eigenvalue weighted by atomic mass is 9.98. The van der Waals surface area contributed by atoms with Crippen LogP contribution in [0.25, 0.3) is 11.1 Å². The van der Waals surface area contributed by atoms with Gasteiger partial charge < -0.3 is 20.5 Å².